The van der Waals surface area contributed by atoms with Crippen molar-refractivity contribution in [1.82, 2.24) is 19.7 Å². The van der Waals surface area contributed by atoms with Crippen molar-refractivity contribution in [1.29, 1.82) is 0 Å². The molecule has 0 N–H and O–H groups in total. The lowest BCUT2D eigenvalue weighted by molar-refractivity contribution is -0.139. The first-order valence-corrected chi connectivity index (χ1v) is 9.34. The van der Waals surface area contributed by atoms with Crippen LogP contribution in [0.3, 0.4) is 0 Å². The number of nitrogens with zero attached hydrogens (tertiary/aromatic N) is 4. The summed E-state index contributed by atoms with van der Waals surface area (Å²) in [5.41, 5.74) is 0.948. The van der Waals surface area contributed by atoms with Gasteiger partial charge < -0.3 is 9.80 Å². The molecule has 25 heavy (non-hydrogen) atoms. The lowest BCUT2D eigenvalue weighted by Crippen LogP contribution is -2.56. The molecule has 0 aromatic carbocycles. The monoisotopic (exact) mass is 344 g/mol. The van der Waals surface area contributed by atoms with E-state index in [4.69, 9.17) is 0 Å². The van der Waals surface area contributed by atoms with Crippen LogP contribution < -0.4 is 0 Å². The SMILES string of the molecule is C[C@H](C(=O)N1CCCCC1)N1CCN(C(=O)Cc2cccnc2)CC1. The van der Waals surface area contributed by atoms with Gasteiger partial charge in [0.25, 0.3) is 0 Å². The van der Waals surface area contributed by atoms with Crippen LogP contribution in [0.25, 0.3) is 0 Å². The van der Waals surface area contributed by atoms with Gasteiger partial charge in [-0.3, -0.25) is 19.5 Å². The molecule has 6 heteroatoms. The third-order valence-electron chi connectivity index (χ3n) is 5.32. The number of pyridine rings is 1. The smallest absolute Gasteiger partial charge is 0.239 e. The van der Waals surface area contributed by atoms with Gasteiger partial charge in [0.15, 0.2) is 0 Å². The topological polar surface area (TPSA) is 56.8 Å². The number of hydrogen-bond donors (Lipinski definition) is 0. The summed E-state index contributed by atoms with van der Waals surface area (Å²) in [4.78, 5) is 35.3. The fraction of sp³-hybridized carbons (Fsp3) is 0.632. The highest BCUT2D eigenvalue weighted by Gasteiger charge is 2.30. The number of piperazine rings is 1. The fourth-order valence-corrected chi connectivity index (χ4v) is 3.68. The van der Waals surface area contributed by atoms with Crippen LogP contribution in [0.4, 0.5) is 0 Å². The van der Waals surface area contributed by atoms with Gasteiger partial charge in [0.05, 0.1) is 12.5 Å². The molecule has 0 spiro atoms. The van der Waals surface area contributed by atoms with Gasteiger partial charge in [-0.2, -0.15) is 0 Å². The number of amides is 2. The zero-order chi connectivity index (χ0) is 17.6. The van der Waals surface area contributed by atoms with Crippen LogP contribution in [-0.4, -0.2) is 76.8 Å². The summed E-state index contributed by atoms with van der Waals surface area (Å²) in [7, 11) is 0. The van der Waals surface area contributed by atoms with Gasteiger partial charge in [0, 0.05) is 51.7 Å². The van der Waals surface area contributed by atoms with E-state index in [1.54, 1.807) is 12.4 Å². The van der Waals surface area contributed by atoms with Crippen molar-refractivity contribution in [2.24, 2.45) is 0 Å². The molecule has 1 aromatic rings. The van der Waals surface area contributed by atoms with E-state index in [2.05, 4.69) is 9.88 Å². The van der Waals surface area contributed by atoms with E-state index in [0.717, 1.165) is 44.6 Å². The molecule has 3 heterocycles. The molecule has 2 aliphatic rings. The van der Waals surface area contributed by atoms with Crippen molar-refractivity contribution in [3.8, 4) is 0 Å². The highest BCUT2D eigenvalue weighted by molar-refractivity contribution is 5.82. The molecule has 2 amide bonds. The summed E-state index contributed by atoms with van der Waals surface area (Å²) in [5.74, 6) is 0.387. The maximum atomic E-state index is 12.7. The first-order valence-electron chi connectivity index (χ1n) is 9.34. The zero-order valence-corrected chi connectivity index (χ0v) is 15.1. The van der Waals surface area contributed by atoms with Crippen molar-refractivity contribution >= 4 is 11.8 Å². The van der Waals surface area contributed by atoms with Gasteiger partial charge in [-0.1, -0.05) is 6.07 Å². The summed E-state index contributed by atoms with van der Waals surface area (Å²) < 4.78 is 0. The van der Waals surface area contributed by atoms with Crippen LogP contribution in [-0.2, 0) is 16.0 Å². The Balaban J connectivity index is 1.47. The number of carbonyl (C=O) groups excluding carboxylic acids is 2. The summed E-state index contributed by atoms with van der Waals surface area (Å²) >= 11 is 0. The Kier molecular flexibility index (Phi) is 6.02. The lowest BCUT2D eigenvalue weighted by atomic mass is 10.1. The number of carbonyl (C=O) groups is 2. The molecule has 0 bridgehead atoms. The van der Waals surface area contributed by atoms with E-state index in [1.165, 1.54) is 6.42 Å². The van der Waals surface area contributed by atoms with Crippen LogP contribution >= 0.6 is 0 Å². The highest BCUT2D eigenvalue weighted by atomic mass is 16.2. The average Bonchev–Trinajstić information content (AvgIpc) is 2.68. The third-order valence-corrected chi connectivity index (χ3v) is 5.32. The number of likely N-dealkylation sites (tertiary alicyclic amines) is 1. The predicted octanol–water partition coefficient (Wildman–Crippen LogP) is 1.17. The Morgan fingerprint density at radius 1 is 1.04 bits per heavy atom. The molecular formula is C19H28N4O2. The summed E-state index contributed by atoms with van der Waals surface area (Å²) in [6, 6.07) is 3.70. The fourth-order valence-electron chi connectivity index (χ4n) is 3.68. The Morgan fingerprint density at radius 2 is 1.76 bits per heavy atom. The zero-order valence-electron chi connectivity index (χ0n) is 15.1. The van der Waals surface area contributed by atoms with E-state index in [0.29, 0.717) is 19.5 Å². The van der Waals surface area contributed by atoms with Crippen LogP contribution in [0.1, 0.15) is 31.7 Å². The van der Waals surface area contributed by atoms with Crippen molar-refractivity contribution in [3.05, 3.63) is 30.1 Å². The van der Waals surface area contributed by atoms with Gasteiger partial charge in [-0.25, -0.2) is 0 Å². The number of aromatic nitrogens is 1. The van der Waals surface area contributed by atoms with Gasteiger partial charge in [-0.05, 0) is 37.8 Å². The number of hydrogen-bond acceptors (Lipinski definition) is 4. The van der Waals surface area contributed by atoms with Gasteiger partial charge >= 0.3 is 0 Å². The quantitative estimate of drug-likeness (QED) is 0.823. The molecule has 2 aliphatic heterocycles. The Bertz CT molecular complexity index is 578. The highest BCUT2D eigenvalue weighted by Crippen LogP contribution is 2.14. The second kappa shape index (κ2) is 8.43. The lowest BCUT2D eigenvalue weighted by Gasteiger charge is -2.39. The first kappa shape index (κ1) is 17.9. The largest absolute Gasteiger partial charge is 0.341 e. The molecule has 0 unspecified atom stereocenters. The predicted molar refractivity (Wildman–Crippen MR) is 96.0 cm³/mol. The molecule has 136 valence electrons. The van der Waals surface area contributed by atoms with E-state index >= 15 is 0 Å². The molecule has 0 saturated carbocycles. The van der Waals surface area contributed by atoms with E-state index in [-0.39, 0.29) is 17.9 Å². The molecule has 2 saturated heterocycles. The van der Waals surface area contributed by atoms with E-state index < -0.39 is 0 Å². The first-order chi connectivity index (χ1) is 12.1. The molecule has 1 atom stereocenters. The second-order valence-corrected chi connectivity index (χ2v) is 7.02. The normalized spacial score (nSPS) is 20.4. The van der Waals surface area contributed by atoms with Gasteiger partial charge in [0.1, 0.15) is 0 Å². The maximum Gasteiger partial charge on any atom is 0.239 e. The van der Waals surface area contributed by atoms with Crippen molar-refractivity contribution in [2.45, 2.75) is 38.6 Å². The maximum absolute atomic E-state index is 12.7. The molecular weight excluding hydrogens is 316 g/mol. The molecule has 0 aliphatic carbocycles. The number of rotatable bonds is 4. The molecule has 3 rings (SSSR count). The van der Waals surface area contributed by atoms with Crippen molar-refractivity contribution in [3.63, 3.8) is 0 Å². The minimum atomic E-state index is -0.0892. The second-order valence-electron chi connectivity index (χ2n) is 7.02. The van der Waals surface area contributed by atoms with Gasteiger partial charge in [0.2, 0.25) is 11.8 Å². The minimum absolute atomic E-state index is 0.0892. The molecule has 0 radical (unpaired) electrons. The summed E-state index contributed by atoms with van der Waals surface area (Å²) in [5, 5.41) is 0. The third kappa shape index (κ3) is 4.57. The van der Waals surface area contributed by atoms with Crippen molar-refractivity contribution < 1.29 is 9.59 Å². The molecule has 6 nitrogen and oxygen atoms in total. The van der Waals surface area contributed by atoms with Crippen molar-refractivity contribution in [2.75, 3.05) is 39.3 Å². The van der Waals surface area contributed by atoms with Gasteiger partial charge in [-0.15, -0.1) is 0 Å². The van der Waals surface area contributed by atoms with Crippen LogP contribution in [0.5, 0.6) is 0 Å². The Hall–Kier alpha value is -1.95. The molecule has 2 fully saturated rings. The van der Waals surface area contributed by atoms with Crippen LogP contribution in [0.15, 0.2) is 24.5 Å². The number of piperidine rings is 1. The summed E-state index contributed by atoms with van der Waals surface area (Å²) in [6.45, 7) is 6.70. The standard InChI is InChI=1S/C19H28N4O2/c1-16(19(25)23-8-3-2-4-9-23)21-10-12-22(13-11-21)18(24)14-17-6-5-7-20-15-17/h5-7,15-16H,2-4,8-14H2,1H3/t16-/m1/s1. The Morgan fingerprint density at radius 3 is 2.40 bits per heavy atom. The minimum Gasteiger partial charge on any atom is -0.341 e. The van der Waals surface area contributed by atoms with E-state index in [9.17, 15) is 9.59 Å². The van der Waals surface area contributed by atoms with E-state index in [1.807, 2.05) is 28.9 Å². The average molecular weight is 344 g/mol. The summed E-state index contributed by atoms with van der Waals surface area (Å²) in [6.07, 6.45) is 7.33. The van der Waals surface area contributed by atoms with Crippen LogP contribution in [0, 0.1) is 0 Å². The molecule has 1 aromatic heterocycles. The van der Waals surface area contributed by atoms with Crippen LogP contribution in [0.2, 0.25) is 0 Å². The Labute approximate surface area is 149 Å².